The number of rotatable bonds is 2. The smallest absolute Gasteiger partial charge is 0.229 e. The van der Waals surface area contributed by atoms with Crippen molar-refractivity contribution in [2.75, 3.05) is 12.8 Å². The molecule has 0 bridgehead atoms. The van der Waals surface area contributed by atoms with Gasteiger partial charge < -0.3 is 0 Å². The third kappa shape index (κ3) is 2.59. The molecule has 1 aliphatic heterocycles. The highest BCUT2D eigenvalue weighted by molar-refractivity contribution is 7.88. The first-order valence-electron chi connectivity index (χ1n) is 5.26. The van der Waals surface area contributed by atoms with Crippen molar-refractivity contribution in [1.82, 2.24) is 4.72 Å². The molecule has 1 heterocycles. The molecule has 15 heavy (non-hydrogen) atoms. The van der Waals surface area contributed by atoms with Crippen LogP contribution in [0.5, 0.6) is 0 Å². The molecule has 4 nitrogen and oxygen atoms in total. The van der Waals surface area contributed by atoms with Crippen molar-refractivity contribution < 1.29 is 8.42 Å². The average Bonchev–Trinajstić information content (AvgIpc) is 2.16. The zero-order valence-electron chi connectivity index (χ0n) is 8.86. The lowest BCUT2D eigenvalue weighted by atomic mass is 9.83. The largest absolute Gasteiger partial charge is 0.297 e. The number of hydrogen-bond donors (Lipinski definition) is 1. The van der Waals surface area contributed by atoms with E-state index in [2.05, 4.69) is 9.71 Å². The molecule has 0 spiro atoms. The summed E-state index contributed by atoms with van der Waals surface area (Å²) < 4.78 is 25.0. The molecule has 0 saturated carbocycles. The lowest BCUT2D eigenvalue weighted by molar-refractivity contribution is 0.550. The monoisotopic (exact) mass is 228 g/mol. The number of aliphatic imine (C=N–C) groups is 1. The van der Waals surface area contributed by atoms with Gasteiger partial charge in [0.2, 0.25) is 10.0 Å². The molecule has 2 rings (SSSR count). The van der Waals surface area contributed by atoms with Gasteiger partial charge in [0, 0.05) is 24.4 Å². The SMILES string of the molecule is CS(=O)(=O)NC1=C2CCN=CC2CCC1. The molecular formula is C10H16N2O2S. The van der Waals surface area contributed by atoms with Crippen molar-refractivity contribution in [2.45, 2.75) is 25.7 Å². The highest BCUT2D eigenvalue weighted by Gasteiger charge is 2.24. The third-order valence-electron chi connectivity index (χ3n) is 2.88. The van der Waals surface area contributed by atoms with E-state index < -0.39 is 10.0 Å². The molecule has 0 aromatic heterocycles. The first kappa shape index (κ1) is 10.7. The Morgan fingerprint density at radius 1 is 1.47 bits per heavy atom. The fourth-order valence-corrected chi connectivity index (χ4v) is 2.97. The van der Waals surface area contributed by atoms with Crippen LogP contribution in [0.15, 0.2) is 16.3 Å². The van der Waals surface area contributed by atoms with Gasteiger partial charge in [0.25, 0.3) is 0 Å². The van der Waals surface area contributed by atoms with E-state index in [1.165, 1.54) is 11.8 Å². The zero-order chi connectivity index (χ0) is 10.9. The summed E-state index contributed by atoms with van der Waals surface area (Å²) >= 11 is 0. The second-order valence-corrected chi connectivity index (χ2v) is 5.93. The van der Waals surface area contributed by atoms with E-state index in [1.54, 1.807) is 0 Å². The fourth-order valence-electron chi connectivity index (χ4n) is 2.29. The van der Waals surface area contributed by atoms with Crippen LogP contribution in [0.25, 0.3) is 0 Å². The van der Waals surface area contributed by atoms with Gasteiger partial charge in [0.15, 0.2) is 0 Å². The predicted molar refractivity (Wildman–Crippen MR) is 60.3 cm³/mol. The first-order chi connectivity index (χ1) is 7.06. The molecule has 0 aromatic carbocycles. The summed E-state index contributed by atoms with van der Waals surface area (Å²) in [5.41, 5.74) is 2.17. The fraction of sp³-hybridized carbons (Fsp3) is 0.700. The maximum atomic E-state index is 11.2. The van der Waals surface area contributed by atoms with Crippen LogP contribution in [0.1, 0.15) is 25.7 Å². The van der Waals surface area contributed by atoms with E-state index >= 15 is 0 Å². The van der Waals surface area contributed by atoms with Crippen molar-refractivity contribution in [3.8, 4) is 0 Å². The standard InChI is InChI=1S/C10H16N2O2S/c1-15(13,14)12-10-4-2-3-8-7-11-6-5-9(8)10/h7-8,12H,2-6H2,1H3. The van der Waals surface area contributed by atoms with Crippen molar-refractivity contribution in [3.63, 3.8) is 0 Å². The van der Waals surface area contributed by atoms with Gasteiger partial charge in [-0.3, -0.25) is 9.71 Å². The van der Waals surface area contributed by atoms with Gasteiger partial charge in [-0.25, -0.2) is 8.42 Å². The van der Waals surface area contributed by atoms with Crippen LogP contribution in [-0.4, -0.2) is 27.4 Å². The normalized spacial score (nSPS) is 26.3. The Hall–Kier alpha value is -0.840. The maximum absolute atomic E-state index is 11.2. The number of allylic oxidation sites excluding steroid dienone is 1. The van der Waals surface area contributed by atoms with Crippen LogP contribution in [0.2, 0.25) is 0 Å². The molecule has 0 radical (unpaired) electrons. The lowest BCUT2D eigenvalue weighted by Gasteiger charge is -2.28. The zero-order valence-corrected chi connectivity index (χ0v) is 9.68. The molecule has 84 valence electrons. The molecule has 0 aromatic rings. The Bertz CT molecular complexity index is 409. The van der Waals surface area contributed by atoms with E-state index in [0.29, 0.717) is 5.92 Å². The molecular weight excluding hydrogens is 212 g/mol. The van der Waals surface area contributed by atoms with Gasteiger partial charge in [-0.2, -0.15) is 0 Å². The Morgan fingerprint density at radius 2 is 2.27 bits per heavy atom. The molecule has 1 aliphatic carbocycles. The van der Waals surface area contributed by atoms with Crippen molar-refractivity contribution in [2.24, 2.45) is 10.9 Å². The lowest BCUT2D eigenvalue weighted by Crippen LogP contribution is -2.28. The Balaban J connectivity index is 2.28. The van der Waals surface area contributed by atoms with Gasteiger partial charge in [-0.1, -0.05) is 0 Å². The van der Waals surface area contributed by atoms with Gasteiger partial charge in [-0.05, 0) is 31.3 Å². The van der Waals surface area contributed by atoms with Crippen LogP contribution < -0.4 is 4.72 Å². The number of hydrogen-bond acceptors (Lipinski definition) is 3. The number of sulfonamides is 1. The van der Waals surface area contributed by atoms with E-state index in [1.807, 2.05) is 6.21 Å². The van der Waals surface area contributed by atoms with Gasteiger partial charge in [-0.15, -0.1) is 0 Å². The second kappa shape index (κ2) is 3.96. The summed E-state index contributed by atoms with van der Waals surface area (Å²) in [6.07, 6.45) is 7.08. The van der Waals surface area contributed by atoms with Gasteiger partial charge >= 0.3 is 0 Å². The highest BCUT2D eigenvalue weighted by Crippen LogP contribution is 2.32. The van der Waals surface area contributed by atoms with Crippen molar-refractivity contribution in [3.05, 3.63) is 11.3 Å². The van der Waals surface area contributed by atoms with Crippen molar-refractivity contribution >= 4 is 16.2 Å². The van der Waals surface area contributed by atoms with Crippen LogP contribution in [0.3, 0.4) is 0 Å². The summed E-state index contributed by atoms with van der Waals surface area (Å²) in [7, 11) is -3.13. The highest BCUT2D eigenvalue weighted by atomic mass is 32.2. The predicted octanol–water partition coefficient (Wildman–Crippen LogP) is 1.06. The minimum absolute atomic E-state index is 0.372. The van der Waals surface area contributed by atoms with Crippen LogP contribution in [0, 0.1) is 5.92 Å². The molecule has 0 fully saturated rings. The summed E-state index contributed by atoms with van der Waals surface area (Å²) in [6, 6.07) is 0. The maximum Gasteiger partial charge on any atom is 0.229 e. The van der Waals surface area contributed by atoms with Crippen LogP contribution in [0.4, 0.5) is 0 Å². The topological polar surface area (TPSA) is 58.5 Å². The molecule has 1 N–H and O–H groups in total. The summed E-state index contributed by atoms with van der Waals surface area (Å²) in [5.74, 6) is 0.372. The average molecular weight is 228 g/mol. The molecule has 2 aliphatic rings. The molecule has 1 unspecified atom stereocenters. The Kier molecular flexibility index (Phi) is 2.82. The first-order valence-corrected chi connectivity index (χ1v) is 7.15. The molecule has 0 saturated heterocycles. The van der Waals surface area contributed by atoms with Gasteiger partial charge in [0.1, 0.15) is 0 Å². The third-order valence-corrected chi connectivity index (χ3v) is 3.50. The van der Waals surface area contributed by atoms with E-state index in [0.717, 1.165) is 37.9 Å². The Morgan fingerprint density at radius 3 is 3.00 bits per heavy atom. The number of nitrogens with zero attached hydrogens (tertiary/aromatic N) is 1. The molecule has 1 atom stereocenters. The van der Waals surface area contributed by atoms with E-state index in [9.17, 15) is 8.42 Å². The molecule has 5 heteroatoms. The Labute approximate surface area is 90.5 Å². The van der Waals surface area contributed by atoms with E-state index in [-0.39, 0.29) is 0 Å². The summed E-state index contributed by atoms with van der Waals surface area (Å²) in [5, 5.41) is 0. The van der Waals surface area contributed by atoms with E-state index in [4.69, 9.17) is 0 Å². The van der Waals surface area contributed by atoms with Crippen molar-refractivity contribution in [1.29, 1.82) is 0 Å². The van der Waals surface area contributed by atoms with Crippen LogP contribution in [-0.2, 0) is 10.0 Å². The summed E-state index contributed by atoms with van der Waals surface area (Å²) in [6.45, 7) is 0.792. The quantitative estimate of drug-likeness (QED) is 0.768. The second-order valence-electron chi connectivity index (χ2n) is 4.18. The minimum Gasteiger partial charge on any atom is -0.297 e. The number of fused-ring (bicyclic) bond motifs is 1. The number of nitrogens with one attached hydrogen (secondary N) is 1. The van der Waals surface area contributed by atoms with Crippen LogP contribution >= 0.6 is 0 Å². The van der Waals surface area contributed by atoms with Gasteiger partial charge in [0.05, 0.1) is 6.26 Å². The minimum atomic E-state index is -3.13. The summed E-state index contributed by atoms with van der Waals surface area (Å²) in [4.78, 5) is 4.26. The molecule has 0 amide bonds.